The Bertz CT molecular complexity index is 253. The Morgan fingerprint density at radius 2 is 2.50 bits per heavy atom. The van der Waals surface area contributed by atoms with Gasteiger partial charge in [0.2, 0.25) is 0 Å². The lowest BCUT2D eigenvalue weighted by atomic mass is 10.3. The van der Waals surface area contributed by atoms with Crippen molar-refractivity contribution >= 4 is 6.08 Å². The fraction of sp³-hybridized carbons (Fsp3) is 0.444. The molecule has 0 atom stereocenters. The predicted octanol–water partition coefficient (Wildman–Crippen LogP) is 1.30. The summed E-state index contributed by atoms with van der Waals surface area (Å²) in [5, 5.41) is 12.6. The van der Waals surface area contributed by atoms with E-state index >= 15 is 0 Å². The molecule has 66 valence electrons. The molecular formula is C9H14N2O. The summed E-state index contributed by atoms with van der Waals surface area (Å²) in [6.45, 7) is 3.15. The zero-order valence-electron chi connectivity index (χ0n) is 7.27. The van der Waals surface area contributed by atoms with Crippen molar-refractivity contribution in [3.8, 4) is 0 Å². The molecule has 0 aliphatic carbocycles. The standard InChI is InChI=1S/C9H14N2O/c1-2-11-8-9(7-10-11)5-3-4-6-12/h3,5,7-8,12H,2,4,6H2,1H3. The summed E-state index contributed by atoms with van der Waals surface area (Å²) in [6.07, 6.45) is 8.41. The Hall–Kier alpha value is -1.09. The highest BCUT2D eigenvalue weighted by Crippen LogP contribution is 2.00. The van der Waals surface area contributed by atoms with E-state index in [2.05, 4.69) is 5.10 Å². The lowest BCUT2D eigenvalue weighted by molar-refractivity contribution is 0.303. The van der Waals surface area contributed by atoms with Gasteiger partial charge in [-0.15, -0.1) is 0 Å². The summed E-state index contributed by atoms with van der Waals surface area (Å²) >= 11 is 0. The van der Waals surface area contributed by atoms with Crippen molar-refractivity contribution in [2.75, 3.05) is 6.61 Å². The van der Waals surface area contributed by atoms with Gasteiger partial charge in [-0.2, -0.15) is 5.10 Å². The number of aryl methyl sites for hydroxylation is 1. The zero-order chi connectivity index (χ0) is 8.81. The van der Waals surface area contributed by atoms with Crippen LogP contribution < -0.4 is 0 Å². The number of rotatable bonds is 4. The van der Waals surface area contributed by atoms with Crippen LogP contribution in [0.3, 0.4) is 0 Å². The molecular weight excluding hydrogens is 152 g/mol. The maximum atomic E-state index is 8.52. The highest BCUT2D eigenvalue weighted by Gasteiger charge is 1.90. The summed E-state index contributed by atoms with van der Waals surface area (Å²) in [5.41, 5.74) is 1.09. The smallest absolute Gasteiger partial charge is 0.0562 e. The predicted molar refractivity (Wildman–Crippen MR) is 48.6 cm³/mol. The first kappa shape index (κ1) is 9.00. The van der Waals surface area contributed by atoms with Crippen molar-refractivity contribution < 1.29 is 5.11 Å². The molecule has 3 heteroatoms. The van der Waals surface area contributed by atoms with Crippen molar-refractivity contribution in [3.05, 3.63) is 24.0 Å². The van der Waals surface area contributed by atoms with Gasteiger partial charge in [0.05, 0.1) is 6.20 Å². The Labute approximate surface area is 72.3 Å². The van der Waals surface area contributed by atoms with Crippen molar-refractivity contribution in [3.63, 3.8) is 0 Å². The molecule has 0 aliphatic heterocycles. The first-order chi connectivity index (χ1) is 5.86. The van der Waals surface area contributed by atoms with Crippen LogP contribution in [0.4, 0.5) is 0 Å². The van der Waals surface area contributed by atoms with Crippen LogP contribution in [0.15, 0.2) is 18.5 Å². The van der Waals surface area contributed by atoms with Gasteiger partial charge in [-0.25, -0.2) is 0 Å². The van der Waals surface area contributed by atoms with Gasteiger partial charge in [0.15, 0.2) is 0 Å². The molecule has 0 radical (unpaired) electrons. The molecule has 1 N–H and O–H groups in total. The third-order valence-corrected chi connectivity index (χ3v) is 1.58. The van der Waals surface area contributed by atoms with Crippen LogP contribution in [0.25, 0.3) is 6.08 Å². The average molecular weight is 166 g/mol. The maximum absolute atomic E-state index is 8.52. The molecule has 1 rings (SSSR count). The zero-order valence-corrected chi connectivity index (χ0v) is 7.27. The second-order valence-electron chi connectivity index (χ2n) is 2.54. The van der Waals surface area contributed by atoms with Gasteiger partial charge in [0, 0.05) is 24.9 Å². The minimum atomic E-state index is 0.207. The quantitative estimate of drug-likeness (QED) is 0.732. The summed E-state index contributed by atoms with van der Waals surface area (Å²) in [5.74, 6) is 0. The van der Waals surface area contributed by atoms with E-state index in [4.69, 9.17) is 5.11 Å². The van der Waals surface area contributed by atoms with E-state index in [1.165, 1.54) is 0 Å². The van der Waals surface area contributed by atoms with Crippen LogP contribution in [0.5, 0.6) is 0 Å². The molecule has 1 aromatic heterocycles. The molecule has 12 heavy (non-hydrogen) atoms. The Balaban J connectivity index is 2.51. The average Bonchev–Trinajstić information content (AvgIpc) is 2.53. The fourth-order valence-electron chi connectivity index (χ4n) is 0.933. The van der Waals surface area contributed by atoms with Crippen LogP contribution in [0.2, 0.25) is 0 Å². The second-order valence-corrected chi connectivity index (χ2v) is 2.54. The maximum Gasteiger partial charge on any atom is 0.0562 e. The number of nitrogens with zero attached hydrogens (tertiary/aromatic N) is 2. The number of aromatic nitrogens is 2. The molecule has 0 amide bonds. The summed E-state index contributed by atoms with van der Waals surface area (Å²) in [7, 11) is 0. The minimum absolute atomic E-state index is 0.207. The SMILES string of the molecule is CCn1cc(C=CCCO)cn1. The molecule has 0 aromatic carbocycles. The Morgan fingerprint density at radius 3 is 3.08 bits per heavy atom. The largest absolute Gasteiger partial charge is 0.396 e. The van der Waals surface area contributed by atoms with Gasteiger partial charge in [0.1, 0.15) is 0 Å². The lowest BCUT2D eigenvalue weighted by Crippen LogP contribution is -1.91. The topological polar surface area (TPSA) is 38.0 Å². The van der Waals surface area contributed by atoms with Crippen molar-refractivity contribution in [2.24, 2.45) is 0 Å². The van der Waals surface area contributed by atoms with Crippen LogP contribution in [-0.2, 0) is 6.54 Å². The van der Waals surface area contributed by atoms with E-state index in [0.717, 1.165) is 12.1 Å². The molecule has 0 saturated heterocycles. The van der Waals surface area contributed by atoms with Crippen LogP contribution >= 0.6 is 0 Å². The third-order valence-electron chi connectivity index (χ3n) is 1.58. The first-order valence-corrected chi connectivity index (χ1v) is 4.16. The monoisotopic (exact) mass is 166 g/mol. The second kappa shape index (κ2) is 4.72. The number of aliphatic hydroxyl groups excluding tert-OH is 1. The minimum Gasteiger partial charge on any atom is -0.396 e. The van der Waals surface area contributed by atoms with Gasteiger partial charge in [-0.1, -0.05) is 12.2 Å². The lowest BCUT2D eigenvalue weighted by Gasteiger charge is -1.89. The van der Waals surface area contributed by atoms with Gasteiger partial charge >= 0.3 is 0 Å². The molecule has 0 fully saturated rings. The van der Waals surface area contributed by atoms with E-state index in [1.807, 2.05) is 36.2 Å². The van der Waals surface area contributed by atoms with E-state index < -0.39 is 0 Å². The fourth-order valence-corrected chi connectivity index (χ4v) is 0.933. The van der Waals surface area contributed by atoms with E-state index in [1.54, 1.807) is 0 Å². The van der Waals surface area contributed by atoms with Crippen molar-refractivity contribution in [2.45, 2.75) is 19.9 Å². The molecule has 0 unspecified atom stereocenters. The highest BCUT2D eigenvalue weighted by molar-refractivity contribution is 5.46. The molecule has 3 nitrogen and oxygen atoms in total. The van der Waals surface area contributed by atoms with Gasteiger partial charge < -0.3 is 5.11 Å². The summed E-state index contributed by atoms with van der Waals surface area (Å²) in [4.78, 5) is 0. The number of hydrogen-bond acceptors (Lipinski definition) is 2. The number of hydrogen-bond donors (Lipinski definition) is 1. The van der Waals surface area contributed by atoms with Crippen LogP contribution in [0.1, 0.15) is 18.9 Å². The summed E-state index contributed by atoms with van der Waals surface area (Å²) < 4.78 is 1.87. The highest BCUT2D eigenvalue weighted by atomic mass is 16.2. The van der Waals surface area contributed by atoms with E-state index in [0.29, 0.717) is 6.42 Å². The van der Waals surface area contributed by atoms with E-state index in [9.17, 15) is 0 Å². The molecule has 0 bridgehead atoms. The number of aliphatic hydroxyl groups is 1. The summed E-state index contributed by atoms with van der Waals surface area (Å²) in [6, 6.07) is 0. The van der Waals surface area contributed by atoms with Gasteiger partial charge in [-0.3, -0.25) is 4.68 Å². The first-order valence-electron chi connectivity index (χ1n) is 4.16. The molecule has 0 saturated carbocycles. The van der Waals surface area contributed by atoms with Gasteiger partial charge in [0.25, 0.3) is 0 Å². The van der Waals surface area contributed by atoms with Crippen LogP contribution in [0, 0.1) is 0 Å². The van der Waals surface area contributed by atoms with Crippen molar-refractivity contribution in [1.82, 2.24) is 9.78 Å². The Kier molecular flexibility index (Phi) is 3.54. The van der Waals surface area contributed by atoms with Crippen molar-refractivity contribution in [1.29, 1.82) is 0 Å². The van der Waals surface area contributed by atoms with E-state index in [-0.39, 0.29) is 6.61 Å². The molecule has 1 heterocycles. The normalized spacial score (nSPS) is 11.2. The van der Waals surface area contributed by atoms with Crippen LogP contribution in [-0.4, -0.2) is 21.5 Å². The third kappa shape index (κ3) is 2.51. The molecule has 1 aromatic rings. The Morgan fingerprint density at radius 1 is 1.67 bits per heavy atom. The van der Waals surface area contributed by atoms with Gasteiger partial charge in [-0.05, 0) is 13.3 Å². The molecule has 0 aliphatic rings. The molecule has 0 spiro atoms.